The van der Waals surface area contributed by atoms with Gasteiger partial charge in [-0.2, -0.15) is 13.2 Å². The van der Waals surface area contributed by atoms with Gasteiger partial charge in [-0.1, -0.05) is 22.0 Å². The molecule has 0 unspecified atom stereocenters. The minimum absolute atomic E-state index is 0.0346. The van der Waals surface area contributed by atoms with Gasteiger partial charge in [0.1, 0.15) is 5.82 Å². The number of rotatable bonds is 3. The van der Waals surface area contributed by atoms with Crippen LogP contribution in [0.1, 0.15) is 11.1 Å². The van der Waals surface area contributed by atoms with Crippen molar-refractivity contribution in [3.8, 4) is 0 Å². The third-order valence-corrected chi connectivity index (χ3v) is 4.37. The van der Waals surface area contributed by atoms with Crippen molar-refractivity contribution in [2.45, 2.75) is 16.8 Å². The Morgan fingerprint density at radius 1 is 1.10 bits per heavy atom. The number of anilines is 1. The molecule has 0 saturated heterocycles. The molecule has 112 valence electrons. The number of hydrogen-bond donors (Lipinski definition) is 1. The maximum atomic E-state index is 13.7. The highest BCUT2D eigenvalue weighted by atomic mass is 79.9. The Morgan fingerprint density at radius 3 is 2.38 bits per heavy atom. The first kappa shape index (κ1) is 16.2. The van der Waals surface area contributed by atoms with Crippen molar-refractivity contribution in [2.24, 2.45) is 0 Å². The van der Waals surface area contributed by atoms with Crippen LogP contribution in [-0.2, 0) is 11.9 Å². The number of nitrogens with two attached hydrogens (primary N) is 1. The fraction of sp³-hybridized carbons (Fsp3) is 0.143. The molecule has 0 radical (unpaired) electrons. The van der Waals surface area contributed by atoms with Gasteiger partial charge in [-0.25, -0.2) is 4.39 Å². The zero-order valence-corrected chi connectivity index (χ0v) is 12.9. The monoisotopic (exact) mass is 379 g/mol. The second kappa shape index (κ2) is 6.27. The maximum absolute atomic E-state index is 13.7. The second-order valence-corrected chi connectivity index (χ2v) is 6.21. The fourth-order valence-electron chi connectivity index (χ4n) is 1.65. The van der Waals surface area contributed by atoms with Crippen molar-refractivity contribution in [1.29, 1.82) is 0 Å². The van der Waals surface area contributed by atoms with Gasteiger partial charge < -0.3 is 5.73 Å². The average molecular weight is 380 g/mol. The van der Waals surface area contributed by atoms with Crippen LogP contribution in [0.15, 0.2) is 45.8 Å². The van der Waals surface area contributed by atoms with Crippen LogP contribution in [0.3, 0.4) is 0 Å². The van der Waals surface area contributed by atoms with Crippen molar-refractivity contribution in [3.05, 3.63) is 57.8 Å². The molecule has 2 aromatic carbocycles. The molecule has 0 fully saturated rings. The summed E-state index contributed by atoms with van der Waals surface area (Å²) in [5, 5.41) is 0. The lowest BCUT2D eigenvalue weighted by molar-refractivity contribution is -0.137. The van der Waals surface area contributed by atoms with Gasteiger partial charge in [-0.05, 0) is 35.9 Å². The number of nitrogen functional groups attached to an aromatic ring is 1. The van der Waals surface area contributed by atoms with Crippen LogP contribution in [0.25, 0.3) is 0 Å². The number of thioether (sulfide) groups is 1. The summed E-state index contributed by atoms with van der Waals surface area (Å²) in [4.78, 5) is 0.491. The van der Waals surface area contributed by atoms with Gasteiger partial charge in [-0.3, -0.25) is 0 Å². The van der Waals surface area contributed by atoms with E-state index in [0.717, 1.165) is 12.1 Å². The minimum Gasteiger partial charge on any atom is -0.398 e. The molecule has 21 heavy (non-hydrogen) atoms. The predicted octanol–water partition coefficient (Wildman–Crippen LogP) is 5.48. The first-order chi connectivity index (χ1) is 9.77. The predicted molar refractivity (Wildman–Crippen MR) is 79.5 cm³/mol. The van der Waals surface area contributed by atoms with E-state index in [4.69, 9.17) is 5.73 Å². The molecule has 0 aromatic heterocycles. The quantitative estimate of drug-likeness (QED) is 0.434. The Kier molecular flexibility index (Phi) is 4.83. The summed E-state index contributed by atoms with van der Waals surface area (Å²) >= 11 is 4.35. The Bertz CT molecular complexity index is 658. The maximum Gasteiger partial charge on any atom is 0.416 e. The van der Waals surface area contributed by atoms with Crippen LogP contribution in [-0.4, -0.2) is 0 Å². The molecule has 0 saturated carbocycles. The molecule has 0 aliphatic rings. The minimum atomic E-state index is -4.42. The standard InChI is InChI=1S/C14H10BrF4NS/c15-10-3-1-8(11(16)6-10)7-21-13-4-2-9(5-12(13)20)14(17,18)19/h1-6H,7,20H2. The summed E-state index contributed by atoms with van der Waals surface area (Å²) < 4.78 is 51.9. The summed E-state index contributed by atoms with van der Waals surface area (Å²) in [6.45, 7) is 0. The molecule has 0 aliphatic carbocycles. The van der Waals surface area contributed by atoms with E-state index in [0.29, 0.717) is 14.9 Å². The molecule has 1 nitrogen and oxygen atoms in total. The van der Waals surface area contributed by atoms with E-state index >= 15 is 0 Å². The van der Waals surface area contributed by atoms with E-state index in [1.807, 2.05) is 0 Å². The molecule has 0 spiro atoms. The molecule has 7 heteroatoms. The lowest BCUT2D eigenvalue weighted by Crippen LogP contribution is -2.05. The second-order valence-electron chi connectivity index (χ2n) is 4.27. The van der Waals surface area contributed by atoms with Gasteiger partial charge in [0.25, 0.3) is 0 Å². The van der Waals surface area contributed by atoms with Crippen LogP contribution in [0, 0.1) is 5.82 Å². The smallest absolute Gasteiger partial charge is 0.398 e. The van der Waals surface area contributed by atoms with Crippen molar-refractivity contribution in [1.82, 2.24) is 0 Å². The summed E-state index contributed by atoms with van der Waals surface area (Å²) in [5.74, 6) is -0.0864. The Labute approximate surface area is 131 Å². The average Bonchev–Trinajstić information content (AvgIpc) is 2.38. The molecule has 2 aromatic rings. The number of halogens is 5. The highest BCUT2D eigenvalue weighted by Gasteiger charge is 2.30. The first-order valence-electron chi connectivity index (χ1n) is 5.81. The van der Waals surface area contributed by atoms with Crippen molar-refractivity contribution < 1.29 is 17.6 Å². The molecule has 0 aliphatic heterocycles. The van der Waals surface area contributed by atoms with Crippen LogP contribution >= 0.6 is 27.7 Å². The number of benzene rings is 2. The highest BCUT2D eigenvalue weighted by molar-refractivity contribution is 9.10. The summed E-state index contributed by atoms with van der Waals surface area (Å²) in [5.41, 5.74) is 5.33. The summed E-state index contributed by atoms with van der Waals surface area (Å²) in [7, 11) is 0. The first-order valence-corrected chi connectivity index (χ1v) is 7.58. The van der Waals surface area contributed by atoms with E-state index in [2.05, 4.69) is 15.9 Å². The van der Waals surface area contributed by atoms with E-state index in [-0.39, 0.29) is 17.3 Å². The van der Waals surface area contributed by atoms with E-state index in [9.17, 15) is 17.6 Å². The zero-order valence-electron chi connectivity index (χ0n) is 10.5. The Balaban J connectivity index is 2.13. The Hall–Kier alpha value is -1.21. The van der Waals surface area contributed by atoms with Gasteiger partial charge in [0, 0.05) is 20.8 Å². The number of alkyl halides is 3. The molecule has 0 amide bonds. The summed E-state index contributed by atoms with van der Waals surface area (Å²) in [6.07, 6.45) is -4.42. The molecule has 2 N–H and O–H groups in total. The molecular weight excluding hydrogens is 370 g/mol. The van der Waals surface area contributed by atoms with E-state index in [1.54, 1.807) is 12.1 Å². The third-order valence-electron chi connectivity index (χ3n) is 2.74. The third kappa shape index (κ3) is 4.14. The molecule has 2 rings (SSSR count). The lowest BCUT2D eigenvalue weighted by atomic mass is 10.2. The van der Waals surface area contributed by atoms with Gasteiger partial charge in [0.2, 0.25) is 0 Å². The molecule has 0 bridgehead atoms. The topological polar surface area (TPSA) is 26.0 Å². The molecular formula is C14H10BrF4NS. The number of hydrogen-bond acceptors (Lipinski definition) is 2. The van der Waals surface area contributed by atoms with Crippen LogP contribution in [0.2, 0.25) is 0 Å². The van der Waals surface area contributed by atoms with Crippen molar-refractivity contribution >= 4 is 33.4 Å². The Morgan fingerprint density at radius 2 is 1.81 bits per heavy atom. The van der Waals surface area contributed by atoms with Gasteiger partial charge in [0.15, 0.2) is 0 Å². The van der Waals surface area contributed by atoms with Crippen LogP contribution < -0.4 is 5.73 Å². The SMILES string of the molecule is Nc1cc(C(F)(F)F)ccc1SCc1ccc(Br)cc1F. The van der Waals surface area contributed by atoms with Gasteiger partial charge >= 0.3 is 6.18 Å². The van der Waals surface area contributed by atoms with E-state index < -0.39 is 11.7 Å². The van der Waals surface area contributed by atoms with Gasteiger partial charge in [-0.15, -0.1) is 11.8 Å². The largest absolute Gasteiger partial charge is 0.416 e. The fourth-order valence-corrected chi connectivity index (χ4v) is 2.92. The lowest BCUT2D eigenvalue weighted by Gasteiger charge is -2.11. The molecule has 0 atom stereocenters. The highest BCUT2D eigenvalue weighted by Crippen LogP contribution is 2.35. The van der Waals surface area contributed by atoms with Crippen molar-refractivity contribution in [2.75, 3.05) is 5.73 Å². The van der Waals surface area contributed by atoms with Gasteiger partial charge in [0.05, 0.1) is 5.56 Å². The van der Waals surface area contributed by atoms with Crippen LogP contribution in [0.4, 0.5) is 23.2 Å². The van der Waals surface area contributed by atoms with Crippen LogP contribution in [0.5, 0.6) is 0 Å². The normalized spacial score (nSPS) is 11.7. The van der Waals surface area contributed by atoms with Crippen molar-refractivity contribution in [3.63, 3.8) is 0 Å². The molecule has 0 heterocycles. The van der Waals surface area contributed by atoms with E-state index in [1.165, 1.54) is 23.9 Å². The zero-order chi connectivity index (χ0) is 15.6. The summed E-state index contributed by atoms with van der Waals surface area (Å²) in [6, 6.07) is 7.82.